The van der Waals surface area contributed by atoms with Crippen LogP contribution in [0.25, 0.3) is 0 Å². The van der Waals surface area contributed by atoms with Crippen LogP contribution in [-0.4, -0.2) is 71.7 Å². The molecule has 14 heteroatoms. The highest BCUT2D eigenvalue weighted by molar-refractivity contribution is 9.09. The summed E-state index contributed by atoms with van der Waals surface area (Å²) in [6, 6.07) is 5.38. The van der Waals surface area contributed by atoms with Crippen molar-refractivity contribution in [2.45, 2.75) is 17.6 Å². The summed E-state index contributed by atoms with van der Waals surface area (Å²) < 4.78 is 58.6. The van der Waals surface area contributed by atoms with Gasteiger partial charge in [0.05, 0.1) is 36.1 Å². The highest BCUT2D eigenvalue weighted by Crippen LogP contribution is 2.47. The Hall–Kier alpha value is -1.74. The van der Waals surface area contributed by atoms with Crippen LogP contribution in [0.1, 0.15) is 11.1 Å². The Kier molecular flexibility index (Phi) is 7.77. The second-order valence-electron chi connectivity index (χ2n) is 8.06. The van der Waals surface area contributed by atoms with E-state index in [1.165, 1.54) is 4.90 Å². The smallest absolute Gasteiger partial charge is 0.334 e. The van der Waals surface area contributed by atoms with Crippen LogP contribution in [0.2, 0.25) is 0 Å². The molecule has 0 bridgehead atoms. The standard InChI is InChI=1S/C21H22Br2F3N5O3S/c22-3-5-30-19(12-23)35(34,18-11-16(31(32)33)10-17(20(18)30)21(24,25)26)29-8-6-28(7-9-29)14-15-2-1-4-27-13-15/h1-2,4,10-11,13H,3,5-9,12,14H2. The van der Waals surface area contributed by atoms with Crippen LogP contribution in [0.5, 0.6) is 0 Å². The average Bonchev–Trinajstić information content (AvgIpc) is 3.07. The zero-order valence-corrected chi connectivity index (χ0v) is 22.4. The van der Waals surface area contributed by atoms with Crippen LogP contribution in [-0.2, 0) is 22.4 Å². The Balaban J connectivity index is 1.78. The Morgan fingerprint density at radius 2 is 1.89 bits per heavy atom. The van der Waals surface area contributed by atoms with Gasteiger partial charge in [-0.25, -0.2) is 8.51 Å². The molecule has 8 nitrogen and oxygen atoms in total. The van der Waals surface area contributed by atoms with Crippen molar-refractivity contribution in [2.24, 2.45) is 0 Å². The maximum atomic E-state index is 14.7. The first-order chi connectivity index (χ1) is 16.6. The number of halogens is 5. The molecule has 1 aromatic carbocycles. The second kappa shape index (κ2) is 10.3. The summed E-state index contributed by atoms with van der Waals surface area (Å²) in [6.45, 7) is 2.52. The summed E-state index contributed by atoms with van der Waals surface area (Å²) in [5.41, 5.74) is -1.12. The number of non-ortho nitro benzene ring substituents is 1. The summed E-state index contributed by atoms with van der Waals surface area (Å²) in [4.78, 5) is 18.5. The van der Waals surface area contributed by atoms with E-state index < -0.39 is 32.1 Å². The van der Waals surface area contributed by atoms with Gasteiger partial charge in [-0.2, -0.15) is 13.2 Å². The molecule has 4 rings (SSSR count). The van der Waals surface area contributed by atoms with Crippen molar-refractivity contribution in [2.75, 3.05) is 48.3 Å². The highest BCUT2D eigenvalue weighted by atomic mass is 79.9. The summed E-state index contributed by atoms with van der Waals surface area (Å²) in [7, 11) is -3.35. The fourth-order valence-corrected chi connectivity index (χ4v) is 8.94. The fourth-order valence-electron chi connectivity index (χ4n) is 4.45. The summed E-state index contributed by atoms with van der Waals surface area (Å²) >= 11 is 6.61. The first-order valence-electron chi connectivity index (χ1n) is 10.7. The van der Waals surface area contributed by atoms with E-state index >= 15 is 0 Å². The lowest BCUT2D eigenvalue weighted by molar-refractivity contribution is -0.385. The van der Waals surface area contributed by atoms with Crippen molar-refractivity contribution in [1.29, 1.82) is 0 Å². The maximum absolute atomic E-state index is 14.7. The summed E-state index contributed by atoms with van der Waals surface area (Å²) in [6.07, 6.45) is -1.40. The van der Waals surface area contributed by atoms with E-state index in [1.54, 1.807) is 16.7 Å². The molecule has 1 saturated heterocycles. The molecule has 2 aliphatic heterocycles. The number of nitro groups is 1. The molecule has 0 aliphatic carbocycles. The number of rotatable bonds is 7. The number of benzene rings is 1. The van der Waals surface area contributed by atoms with E-state index in [0.717, 1.165) is 11.6 Å². The van der Waals surface area contributed by atoms with E-state index in [4.69, 9.17) is 0 Å². The molecule has 1 unspecified atom stereocenters. The fraction of sp³-hybridized carbons (Fsp3) is 0.429. The number of piperazine rings is 1. The first kappa shape index (κ1) is 26.3. The first-order valence-corrected chi connectivity index (χ1v) is 14.4. The third-order valence-corrected chi connectivity index (χ3v) is 10.3. The number of fused-ring (bicyclic) bond motifs is 1. The monoisotopic (exact) mass is 639 g/mol. The predicted octanol–water partition coefficient (Wildman–Crippen LogP) is 4.12. The van der Waals surface area contributed by atoms with Crippen LogP contribution < -0.4 is 4.90 Å². The molecule has 1 aromatic heterocycles. The Bertz CT molecular complexity index is 1230. The van der Waals surface area contributed by atoms with E-state index in [9.17, 15) is 27.5 Å². The van der Waals surface area contributed by atoms with Crippen LogP contribution in [0.3, 0.4) is 0 Å². The Morgan fingerprint density at radius 3 is 2.43 bits per heavy atom. The van der Waals surface area contributed by atoms with Crippen LogP contribution in [0.15, 0.2) is 41.6 Å². The third kappa shape index (κ3) is 4.95. The molecule has 190 valence electrons. The zero-order chi connectivity index (χ0) is 25.4. The van der Waals surface area contributed by atoms with Gasteiger partial charge < -0.3 is 4.90 Å². The second-order valence-corrected chi connectivity index (χ2v) is 11.9. The summed E-state index contributed by atoms with van der Waals surface area (Å²) in [5, 5.41) is 11.9. The number of hydrogen-bond donors (Lipinski definition) is 0. The quantitative estimate of drug-likeness (QED) is 0.196. The molecule has 1 atom stereocenters. The van der Waals surface area contributed by atoms with Crippen LogP contribution >= 0.6 is 31.9 Å². The van der Waals surface area contributed by atoms with Crippen molar-refractivity contribution in [3.8, 4) is 0 Å². The number of nitro benzene ring substituents is 1. The van der Waals surface area contributed by atoms with Crippen molar-refractivity contribution in [3.05, 3.63) is 57.9 Å². The molecule has 0 N–H and O–H groups in total. The lowest BCUT2D eigenvalue weighted by atomic mass is 10.1. The van der Waals surface area contributed by atoms with Crippen LogP contribution in [0, 0.1) is 10.1 Å². The van der Waals surface area contributed by atoms with E-state index in [-0.39, 0.29) is 27.4 Å². The molecule has 2 aromatic rings. The molecule has 0 amide bonds. The lowest BCUT2D eigenvalue weighted by Crippen LogP contribution is -2.50. The number of hydrogen-bond acceptors (Lipinski definition) is 6. The van der Waals surface area contributed by atoms with Gasteiger partial charge in [0.25, 0.3) is 5.69 Å². The van der Waals surface area contributed by atoms with Gasteiger partial charge >= 0.3 is 6.18 Å². The minimum atomic E-state index is -4.86. The van der Waals surface area contributed by atoms with Gasteiger partial charge in [-0.15, -0.1) is 0 Å². The van der Waals surface area contributed by atoms with Gasteiger partial charge in [-0.1, -0.05) is 37.9 Å². The minimum absolute atomic E-state index is 0.0640. The molecular weight excluding hydrogens is 619 g/mol. The lowest BCUT2D eigenvalue weighted by Gasteiger charge is -2.36. The van der Waals surface area contributed by atoms with Crippen molar-refractivity contribution in [3.63, 3.8) is 0 Å². The molecular formula is C21H22Br2F3N5O3S. The topological polar surface area (TPSA) is 82.8 Å². The SMILES string of the molecule is O=[N+]([O-])c1cc(C(F)(F)F)c2c(c1)S(=O)(N1CCN(Cc3cccnc3)CC1)=C(CBr)N2CCBr. The molecule has 3 heterocycles. The van der Waals surface area contributed by atoms with Crippen molar-refractivity contribution < 1.29 is 22.3 Å². The molecule has 0 spiro atoms. The van der Waals surface area contributed by atoms with E-state index in [0.29, 0.717) is 44.1 Å². The molecule has 0 radical (unpaired) electrons. The van der Waals surface area contributed by atoms with Gasteiger partial charge in [-0.05, 0) is 11.6 Å². The largest absolute Gasteiger partial charge is 0.418 e. The number of anilines is 1. The zero-order valence-electron chi connectivity index (χ0n) is 18.4. The van der Waals surface area contributed by atoms with Gasteiger partial charge in [-0.3, -0.25) is 20.0 Å². The summed E-state index contributed by atoms with van der Waals surface area (Å²) in [5.74, 6) is 0. The van der Waals surface area contributed by atoms with E-state index in [1.807, 2.05) is 12.1 Å². The maximum Gasteiger partial charge on any atom is 0.418 e. The van der Waals surface area contributed by atoms with Gasteiger partial charge in [0.1, 0.15) is 4.99 Å². The predicted molar refractivity (Wildman–Crippen MR) is 136 cm³/mol. The van der Waals surface area contributed by atoms with Crippen molar-refractivity contribution >= 4 is 57.9 Å². The average molecular weight is 641 g/mol. The Labute approximate surface area is 217 Å². The van der Waals surface area contributed by atoms with Crippen molar-refractivity contribution in [1.82, 2.24) is 14.2 Å². The van der Waals surface area contributed by atoms with Gasteiger partial charge in [0.15, 0.2) is 0 Å². The number of nitrogens with zero attached hydrogens (tertiary/aromatic N) is 5. The Morgan fingerprint density at radius 1 is 1.17 bits per heavy atom. The third-order valence-electron chi connectivity index (χ3n) is 6.01. The van der Waals surface area contributed by atoms with Crippen LogP contribution in [0.4, 0.5) is 24.5 Å². The molecule has 2 aliphatic rings. The van der Waals surface area contributed by atoms with E-state index in [2.05, 4.69) is 41.7 Å². The van der Waals surface area contributed by atoms with Gasteiger partial charge in [0.2, 0.25) is 0 Å². The minimum Gasteiger partial charge on any atom is -0.334 e. The number of alkyl halides is 5. The number of aromatic nitrogens is 1. The number of pyridine rings is 1. The van der Waals surface area contributed by atoms with Gasteiger partial charge in [0, 0.05) is 69.1 Å². The molecule has 1 fully saturated rings. The molecule has 35 heavy (non-hydrogen) atoms. The normalized spacial score (nSPS) is 21.4. The highest BCUT2D eigenvalue weighted by Gasteiger charge is 2.46. The molecule has 0 saturated carbocycles.